The van der Waals surface area contributed by atoms with Crippen molar-refractivity contribution in [3.05, 3.63) is 48.0 Å². The van der Waals surface area contributed by atoms with E-state index in [4.69, 9.17) is 5.73 Å². The Kier molecular flexibility index (Phi) is 6.82. The normalized spacial score (nSPS) is 15.6. The Morgan fingerprint density at radius 1 is 1.09 bits per heavy atom. The Hall–Kier alpha value is -0.950. The number of fused-ring (bicyclic) bond motifs is 1. The molecule has 1 aliphatic heterocycles. The molecule has 1 fully saturated rings. The second-order valence-corrected chi connectivity index (χ2v) is 6.45. The summed E-state index contributed by atoms with van der Waals surface area (Å²) >= 11 is 1.99. The van der Waals surface area contributed by atoms with Crippen LogP contribution in [-0.4, -0.2) is 42.0 Å². The van der Waals surface area contributed by atoms with Gasteiger partial charge in [0.2, 0.25) is 0 Å². The Balaban J connectivity index is 0.00000176. The Morgan fingerprint density at radius 2 is 1.82 bits per heavy atom. The molecule has 3 rings (SSSR count). The summed E-state index contributed by atoms with van der Waals surface area (Å²) in [6.45, 7) is 2.80. The summed E-state index contributed by atoms with van der Waals surface area (Å²) in [7, 11) is 0. The fraction of sp³-hybridized carbons (Fsp3) is 0.353. The molecule has 2 aromatic rings. The topological polar surface area (TPSA) is 41.6 Å². The van der Waals surface area contributed by atoms with Gasteiger partial charge < -0.3 is 10.6 Å². The number of nitrogens with two attached hydrogens (primary N) is 1. The Labute approximate surface area is 153 Å². The minimum absolute atomic E-state index is 0. The molecule has 2 N–H and O–H groups in total. The molecule has 1 aliphatic rings. The van der Waals surface area contributed by atoms with E-state index in [0.29, 0.717) is 5.96 Å². The number of hydrogen-bond donors (Lipinski definition) is 1. The molecule has 0 aromatic heterocycles. The zero-order valence-electron chi connectivity index (χ0n) is 12.6. The minimum Gasteiger partial charge on any atom is -0.370 e. The van der Waals surface area contributed by atoms with Crippen molar-refractivity contribution in [3.63, 3.8) is 0 Å². The molecule has 1 saturated heterocycles. The molecule has 1 heterocycles. The van der Waals surface area contributed by atoms with Crippen LogP contribution in [0.1, 0.15) is 5.56 Å². The minimum atomic E-state index is 0. The van der Waals surface area contributed by atoms with Crippen LogP contribution in [0.4, 0.5) is 0 Å². The molecule has 0 atom stereocenters. The number of benzene rings is 2. The molecule has 0 radical (unpaired) electrons. The molecule has 0 amide bonds. The summed E-state index contributed by atoms with van der Waals surface area (Å²) in [6.07, 6.45) is 0.935. The van der Waals surface area contributed by atoms with Crippen LogP contribution in [0.15, 0.2) is 47.5 Å². The first-order chi connectivity index (χ1) is 10.3. The number of thioether (sulfide) groups is 1. The van der Waals surface area contributed by atoms with Crippen LogP contribution in [-0.2, 0) is 6.42 Å². The third kappa shape index (κ3) is 4.29. The highest BCUT2D eigenvalue weighted by Crippen LogP contribution is 2.18. The maximum Gasteiger partial charge on any atom is 0.191 e. The van der Waals surface area contributed by atoms with Gasteiger partial charge in [-0.15, -0.1) is 24.0 Å². The van der Waals surface area contributed by atoms with E-state index >= 15 is 0 Å². The van der Waals surface area contributed by atoms with E-state index in [1.165, 1.54) is 16.3 Å². The van der Waals surface area contributed by atoms with Crippen LogP contribution in [0.5, 0.6) is 0 Å². The maximum absolute atomic E-state index is 6.09. The molecule has 0 bridgehead atoms. The van der Waals surface area contributed by atoms with Crippen molar-refractivity contribution in [1.82, 2.24) is 4.90 Å². The zero-order chi connectivity index (χ0) is 14.5. The van der Waals surface area contributed by atoms with Crippen LogP contribution in [0, 0.1) is 0 Å². The number of guanidine groups is 1. The van der Waals surface area contributed by atoms with Gasteiger partial charge in [-0.25, -0.2) is 0 Å². The van der Waals surface area contributed by atoms with Crippen molar-refractivity contribution in [1.29, 1.82) is 0 Å². The van der Waals surface area contributed by atoms with E-state index in [2.05, 4.69) is 52.4 Å². The molecular weight excluding hydrogens is 405 g/mol. The standard InChI is InChI=1S/C17H21N3S.HI/c18-17(20-10-12-21-13-11-20)19-9-8-15-6-3-5-14-4-1-2-7-16(14)15;/h1-7H,8-13H2,(H2,18,19);1H. The van der Waals surface area contributed by atoms with E-state index < -0.39 is 0 Å². The van der Waals surface area contributed by atoms with E-state index in [1.54, 1.807) is 0 Å². The second kappa shape index (κ2) is 8.62. The van der Waals surface area contributed by atoms with E-state index in [9.17, 15) is 0 Å². The van der Waals surface area contributed by atoms with Gasteiger partial charge in [-0.3, -0.25) is 4.99 Å². The number of aliphatic imine (C=N–C) groups is 1. The fourth-order valence-corrected chi connectivity index (χ4v) is 3.60. The molecule has 2 aromatic carbocycles. The van der Waals surface area contributed by atoms with Gasteiger partial charge in [-0.05, 0) is 22.8 Å². The van der Waals surface area contributed by atoms with Gasteiger partial charge >= 0.3 is 0 Å². The summed E-state index contributed by atoms with van der Waals surface area (Å²) in [5.41, 5.74) is 7.44. The average Bonchev–Trinajstić information content (AvgIpc) is 2.56. The molecule has 3 nitrogen and oxygen atoms in total. The largest absolute Gasteiger partial charge is 0.370 e. The number of hydrogen-bond acceptors (Lipinski definition) is 2. The molecule has 0 spiro atoms. The average molecular weight is 427 g/mol. The van der Waals surface area contributed by atoms with Crippen LogP contribution in [0.2, 0.25) is 0 Å². The molecule has 0 aliphatic carbocycles. The lowest BCUT2D eigenvalue weighted by Crippen LogP contribution is -2.42. The summed E-state index contributed by atoms with van der Waals surface area (Å²) in [4.78, 5) is 6.76. The van der Waals surface area contributed by atoms with Gasteiger partial charge in [0, 0.05) is 31.1 Å². The van der Waals surface area contributed by atoms with Crippen LogP contribution < -0.4 is 5.73 Å². The Morgan fingerprint density at radius 3 is 2.64 bits per heavy atom. The summed E-state index contributed by atoms with van der Waals surface area (Å²) in [5, 5.41) is 2.61. The molecule has 0 unspecified atom stereocenters. The van der Waals surface area contributed by atoms with Crippen molar-refractivity contribution < 1.29 is 0 Å². The van der Waals surface area contributed by atoms with Gasteiger partial charge in [0.15, 0.2) is 5.96 Å². The Bertz CT molecular complexity index is 633. The van der Waals surface area contributed by atoms with Crippen molar-refractivity contribution in [2.45, 2.75) is 6.42 Å². The quantitative estimate of drug-likeness (QED) is 0.464. The summed E-state index contributed by atoms with van der Waals surface area (Å²) in [5.74, 6) is 3.01. The van der Waals surface area contributed by atoms with Gasteiger partial charge in [0.05, 0.1) is 0 Å². The van der Waals surface area contributed by atoms with Gasteiger partial charge in [-0.1, -0.05) is 42.5 Å². The first kappa shape index (κ1) is 17.4. The highest BCUT2D eigenvalue weighted by molar-refractivity contribution is 14.0. The first-order valence-electron chi connectivity index (χ1n) is 7.44. The summed E-state index contributed by atoms with van der Waals surface area (Å²) in [6, 6.07) is 15.0. The number of nitrogens with zero attached hydrogens (tertiary/aromatic N) is 2. The highest BCUT2D eigenvalue weighted by Gasteiger charge is 2.11. The molecule has 118 valence electrons. The smallest absolute Gasteiger partial charge is 0.191 e. The summed E-state index contributed by atoms with van der Waals surface area (Å²) < 4.78 is 0. The number of halogens is 1. The third-order valence-electron chi connectivity index (χ3n) is 3.87. The molecule has 0 saturated carbocycles. The molecule has 22 heavy (non-hydrogen) atoms. The zero-order valence-corrected chi connectivity index (χ0v) is 15.7. The third-order valence-corrected chi connectivity index (χ3v) is 4.81. The van der Waals surface area contributed by atoms with Gasteiger partial charge in [0.1, 0.15) is 0 Å². The van der Waals surface area contributed by atoms with Crippen molar-refractivity contribution in [3.8, 4) is 0 Å². The lowest BCUT2D eigenvalue weighted by molar-refractivity contribution is 0.456. The van der Waals surface area contributed by atoms with Crippen LogP contribution in [0.25, 0.3) is 10.8 Å². The lowest BCUT2D eigenvalue weighted by atomic mass is 10.0. The van der Waals surface area contributed by atoms with Crippen molar-refractivity contribution >= 4 is 52.5 Å². The first-order valence-corrected chi connectivity index (χ1v) is 8.59. The van der Waals surface area contributed by atoms with Crippen molar-refractivity contribution in [2.75, 3.05) is 31.1 Å². The fourth-order valence-electron chi connectivity index (χ4n) is 2.69. The van der Waals surface area contributed by atoms with Crippen LogP contribution in [0.3, 0.4) is 0 Å². The van der Waals surface area contributed by atoms with Crippen molar-refractivity contribution in [2.24, 2.45) is 10.7 Å². The van der Waals surface area contributed by atoms with E-state index in [1.807, 2.05) is 11.8 Å². The SMILES string of the molecule is I.NC(=NCCc1cccc2ccccc12)N1CCSCC1. The highest BCUT2D eigenvalue weighted by atomic mass is 127. The number of rotatable bonds is 3. The van der Waals surface area contributed by atoms with Gasteiger partial charge in [-0.2, -0.15) is 11.8 Å². The van der Waals surface area contributed by atoms with E-state index in [0.717, 1.165) is 37.6 Å². The van der Waals surface area contributed by atoms with Crippen LogP contribution >= 0.6 is 35.7 Å². The molecular formula is C17H22IN3S. The second-order valence-electron chi connectivity index (χ2n) is 5.23. The predicted octanol–water partition coefficient (Wildman–Crippen LogP) is 3.36. The predicted molar refractivity (Wildman–Crippen MR) is 108 cm³/mol. The maximum atomic E-state index is 6.09. The molecule has 5 heteroatoms. The van der Waals surface area contributed by atoms with Gasteiger partial charge in [0.25, 0.3) is 0 Å². The monoisotopic (exact) mass is 427 g/mol. The van der Waals surface area contributed by atoms with E-state index in [-0.39, 0.29) is 24.0 Å². The lowest BCUT2D eigenvalue weighted by Gasteiger charge is -2.27.